The number of hydrogen-bond donors (Lipinski definition) is 1. The molecule has 0 saturated carbocycles. The van der Waals surface area contributed by atoms with E-state index in [0.717, 1.165) is 20.6 Å². The maximum atomic E-state index is 5.72. The number of halogens is 1. The molecule has 0 amide bonds. The van der Waals surface area contributed by atoms with E-state index in [4.69, 9.17) is 5.73 Å². The van der Waals surface area contributed by atoms with Crippen molar-refractivity contribution in [3.8, 4) is 0 Å². The van der Waals surface area contributed by atoms with Gasteiger partial charge in [-0.2, -0.15) is 10.2 Å². The zero-order chi connectivity index (χ0) is 11.4. The second-order valence-corrected chi connectivity index (χ2v) is 4.40. The Morgan fingerprint density at radius 2 is 1.56 bits per heavy atom. The van der Waals surface area contributed by atoms with E-state index in [-0.39, 0.29) is 0 Å². The summed E-state index contributed by atoms with van der Waals surface area (Å²) in [6.07, 6.45) is 0. The van der Waals surface area contributed by atoms with Gasteiger partial charge in [-0.15, -0.1) is 0 Å². The molecule has 2 aromatic carbocycles. The average Bonchev–Trinajstić information content (AvgIpc) is 2.32. The molecule has 0 heterocycles. The summed E-state index contributed by atoms with van der Waals surface area (Å²) in [6.45, 7) is 0. The maximum Gasteiger partial charge on any atom is 0.0869 e. The summed E-state index contributed by atoms with van der Waals surface area (Å²) in [7, 11) is 0. The van der Waals surface area contributed by atoms with Gasteiger partial charge in [0.2, 0.25) is 0 Å². The van der Waals surface area contributed by atoms with Crippen molar-refractivity contribution in [1.29, 1.82) is 0 Å². The molecule has 0 aromatic heterocycles. The first-order valence-corrected chi connectivity index (χ1v) is 5.85. The largest absolute Gasteiger partial charge is 0.398 e. The quantitative estimate of drug-likeness (QED) is 0.500. The van der Waals surface area contributed by atoms with Crippen molar-refractivity contribution in [2.75, 3.05) is 5.73 Å². The summed E-state index contributed by atoms with van der Waals surface area (Å²) in [4.78, 5) is 0. The van der Waals surface area contributed by atoms with Gasteiger partial charge in [0.1, 0.15) is 0 Å². The minimum Gasteiger partial charge on any atom is -0.398 e. The molecule has 16 heavy (non-hydrogen) atoms. The van der Waals surface area contributed by atoms with Crippen LogP contribution in [0, 0.1) is 3.57 Å². The monoisotopic (exact) mass is 323 g/mol. The molecule has 3 nitrogen and oxygen atoms in total. The number of benzene rings is 2. The van der Waals surface area contributed by atoms with E-state index < -0.39 is 0 Å². The number of nitrogens with zero attached hydrogens (tertiary/aromatic N) is 2. The fourth-order valence-corrected chi connectivity index (χ4v) is 1.69. The van der Waals surface area contributed by atoms with Crippen molar-refractivity contribution >= 4 is 39.7 Å². The molecular formula is C12H10IN3. The number of hydrogen-bond acceptors (Lipinski definition) is 3. The van der Waals surface area contributed by atoms with Gasteiger partial charge in [-0.25, -0.2) is 0 Å². The van der Waals surface area contributed by atoms with E-state index in [1.165, 1.54) is 0 Å². The Labute approximate surface area is 108 Å². The van der Waals surface area contributed by atoms with E-state index in [2.05, 4.69) is 32.8 Å². The first kappa shape index (κ1) is 11.1. The Kier molecular flexibility index (Phi) is 3.51. The Morgan fingerprint density at radius 3 is 2.25 bits per heavy atom. The highest BCUT2D eigenvalue weighted by molar-refractivity contribution is 14.1. The topological polar surface area (TPSA) is 50.7 Å². The van der Waals surface area contributed by atoms with Gasteiger partial charge in [-0.3, -0.25) is 0 Å². The lowest BCUT2D eigenvalue weighted by Gasteiger charge is -1.98. The van der Waals surface area contributed by atoms with Gasteiger partial charge < -0.3 is 5.73 Å². The van der Waals surface area contributed by atoms with Crippen LogP contribution in [0.15, 0.2) is 58.8 Å². The molecule has 0 aliphatic carbocycles. The number of nitrogen functional groups attached to an aromatic ring is 1. The lowest BCUT2D eigenvalue weighted by atomic mass is 10.3. The van der Waals surface area contributed by atoms with Crippen molar-refractivity contribution < 1.29 is 0 Å². The fourth-order valence-electron chi connectivity index (χ4n) is 1.19. The minimum absolute atomic E-state index is 0.763. The van der Waals surface area contributed by atoms with E-state index in [1.807, 2.05) is 48.5 Å². The highest BCUT2D eigenvalue weighted by Crippen LogP contribution is 2.23. The Hall–Kier alpha value is -1.43. The van der Waals surface area contributed by atoms with E-state index >= 15 is 0 Å². The van der Waals surface area contributed by atoms with E-state index in [0.29, 0.717) is 0 Å². The Balaban J connectivity index is 2.21. The molecule has 2 aromatic rings. The van der Waals surface area contributed by atoms with Gasteiger partial charge in [0, 0.05) is 9.26 Å². The third-order valence-corrected chi connectivity index (χ3v) is 2.96. The van der Waals surface area contributed by atoms with Crippen LogP contribution in [0.3, 0.4) is 0 Å². The summed E-state index contributed by atoms with van der Waals surface area (Å²) in [6, 6.07) is 15.2. The SMILES string of the molecule is Nc1ccc(N=Nc2ccccc2)cc1I. The molecular weight excluding hydrogens is 313 g/mol. The van der Waals surface area contributed by atoms with Crippen molar-refractivity contribution in [2.45, 2.75) is 0 Å². The maximum absolute atomic E-state index is 5.72. The van der Waals surface area contributed by atoms with Crippen LogP contribution in [0.25, 0.3) is 0 Å². The van der Waals surface area contributed by atoms with Crippen LogP contribution in [0.5, 0.6) is 0 Å². The zero-order valence-corrected chi connectivity index (χ0v) is 10.6. The predicted molar refractivity (Wildman–Crippen MR) is 74.2 cm³/mol. The van der Waals surface area contributed by atoms with E-state index in [1.54, 1.807) is 0 Å². The van der Waals surface area contributed by atoms with Crippen LogP contribution >= 0.6 is 22.6 Å². The molecule has 0 aliphatic heterocycles. The fraction of sp³-hybridized carbons (Fsp3) is 0. The molecule has 0 atom stereocenters. The number of nitrogens with two attached hydrogens (primary N) is 1. The molecule has 2 rings (SSSR count). The average molecular weight is 323 g/mol. The third kappa shape index (κ3) is 2.79. The molecule has 0 spiro atoms. The molecule has 0 fully saturated rings. The summed E-state index contributed by atoms with van der Waals surface area (Å²) in [5.74, 6) is 0. The normalized spacial score (nSPS) is 10.8. The minimum atomic E-state index is 0.763. The predicted octanol–water partition coefficient (Wildman–Crippen LogP) is 4.29. The smallest absolute Gasteiger partial charge is 0.0869 e. The molecule has 4 heteroatoms. The standard InChI is InChI=1S/C12H10IN3/c13-11-8-10(6-7-12(11)14)16-15-9-4-2-1-3-5-9/h1-8H,14H2. The summed E-state index contributed by atoms with van der Waals surface area (Å²) < 4.78 is 0.988. The highest BCUT2D eigenvalue weighted by atomic mass is 127. The van der Waals surface area contributed by atoms with Gasteiger partial charge in [-0.1, -0.05) is 18.2 Å². The van der Waals surface area contributed by atoms with Crippen molar-refractivity contribution in [2.24, 2.45) is 10.2 Å². The third-order valence-electron chi connectivity index (χ3n) is 2.02. The van der Waals surface area contributed by atoms with Crippen LogP contribution in [0.1, 0.15) is 0 Å². The van der Waals surface area contributed by atoms with Gasteiger partial charge in [0.25, 0.3) is 0 Å². The lowest BCUT2D eigenvalue weighted by Crippen LogP contribution is -1.86. The summed E-state index contributed by atoms with van der Waals surface area (Å²) in [5, 5.41) is 8.27. The lowest BCUT2D eigenvalue weighted by molar-refractivity contribution is 1.23. The van der Waals surface area contributed by atoms with Crippen LogP contribution in [-0.2, 0) is 0 Å². The molecule has 0 radical (unpaired) electrons. The zero-order valence-electron chi connectivity index (χ0n) is 8.47. The molecule has 0 bridgehead atoms. The van der Waals surface area contributed by atoms with Crippen LogP contribution in [0.2, 0.25) is 0 Å². The second-order valence-electron chi connectivity index (χ2n) is 3.24. The first-order valence-electron chi connectivity index (χ1n) is 4.77. The van der Waals surface area contributed by atoms with Crippen LogP contribution < -0.4 is 5.73 Å². The summed E-state index contributed by atoms with van der Waals surface area (Å²) >= 11 is 2.18. The molecule has 0 unspecified atom stereocenters. The van der Waals surface area contributed by atoms with Crippen molar-refractivity contribution in [1.82, 2.24) is 0 Å². The van der Waals surface area contributed by atoms with Crippen LogP contribution in [-0.4, -0.2) is 0 Å². The highest BCUT2D eigenvalue weighted by Gasteiger charge is 1.96. The number of anilines is 1. The summed E-state index contributed by atoms with van der Waals surface area (Å²) in [5.41, 5.74) is 8.13. The van der Waals surface area contributed by atoms with Gasteiger partial charge in [-0.05, 0) is 52.9 Å². The van der Waals surface area contributed by atoms with E-state index in [9.17, 15) is 0 Å². The molecule has 0 saturated heterocycles. The van der Waals surface area contributed by atoms with Gasteiger partial charge >= 0.3 is 0 Å². The van der Waals surface area contributed by atoms with Crippen molar-refractivity contribution in [3.63, 3.8) is 0 Å². The second kappa shape index (κ2) is 5.07. The Morgan fingerprint density at radius 1 is 0.875 bits per heavy atom. The van der Waals surface area contributed by atoms with Gasteiger partial charge in [0.15, 0.2) is 0 Å². The number of azo groups is 1. The molecule has 0 aliphatic rings. The molecule has 2 N–H and O–H groups in total. The number of rotatable bonds is 2. The Bertz CT molecular complexity index is 509. The first-order chi connectivity index (χ1) is 7.75. The van der Waals surface area contributed by atoms with Crippen molar-refractivity contribution in [3.05, 3.63) is 52.1 Å². The molecule has 80 valence electrons. The van der Waals surface area contributed by atoms with Gasteiger partial charge in [0.05, 0.1) is 11.4 Å². The van der Waals surface area contributed by atoms with Crippen LogP contribution in [0.4, 0.5) is 17.1 Å².